The molecule has 0 radical (unpaired) electrons. The summed E-state index contributed by atoms with van der Waals surface area (Å²) in [6.45, 7) is 83.4. The van der Waals surface area contributed by atoms with E-state index in [2.05, 4.69) is 295 Å². The Kier molecular flexibility index (Phi) is 62.8. The first kappa shape index (κ1) is 128. The average molecular weight is 1950 g/mol. The number of pyridine rings is 9. The summed E-state index contributed by atoms with van der Waals surface area (Å²) in [5, 5.41) is 12.8. The number of carbonyl (C=O) groups excluding carboxylic acids is 2. The third kappa shape index (κ3) is 38.4. The first-order valence-corrected chi connectivity index (χ1v) is 52.9. The van der Waals surface area contributed by atoms with Gasteiger partial charge in [-0.2, -0.15) is 0 Å². The summed E-state index contributed by atoms with van der Waals surface area (Å²) in [4.78, 5) is 95.0. The van der Waals surface area contributed by atoms with Crippen LogP contribution in [0.15, 0.2) is 226 Å². The van der Waals surface area contributed by atoms with Crippen molar-refractivity contribution >= 4 is 111 Å². The lowest BCUT2D eigenvalue weighted by Gasteiger charge is -2.08. The van der Waals surface area contributed by atoms with Crippen molar-refractivity contribution in [3.05, 3.63) is 298 Å². The van der Waals surface area contributed by atoms with Gasteiger partial charge in [0.2, 0.25) is 11.8 Å². The van der Waals surface area contributed by atoms with Crippen LogP contribution in [0, 0.1) is 0 Å². The first-order chi connectivity index (χ1) is 69.0. The lowest BCUT2D eigenvalue weighted by atomic mass is 9.98. The molecule has 19 heterocycles. The third-order valence-corrected chi connectivity index (χ3v) is 21.8. The number of hydrogen-bond acceptors (Lipinski definition) is 11. The molecule has 1 aromatic carbocycles. The molecule has 2 aliphatic heterocycles. The quantitative estimate of drug-likeness (QED) is 0.0611. The van der Waals surface area contributed by atoms with Gasteiger partial charge in [-0.25, -0.2) is 19.9 Å². The molecule has 22 nitrogen and oxygen atoms in total. The van der Waals surface area contributed by atoms with Gasteiger partial charge < -0.3 is 55.5 Å². The van der Waals surface area contributed by atoms with E-state index in [4.69, 9.17) is 0 Å². The molecule has 18 aromatic rings. The predicted molar refractivity (Wildman–Crippen MR) is 621 cm³/mol. The number of carbonyl (C=O) groups is 2. The molecule has 143 heavy (non-hydrogen) atoms. The number of aromatic amines is 9. The van der Waals surface area contributed by atoms with Crippen LogP contribution < -0.4 is 16.2 Å². The zero-order valence-electron chi connectivity index (χ0n) is 94.8. The largest absolute Gasteiger partial charge is 0.361 e. The molecule has 0 aliphatic carbocycles. The molecule has 2 aliphatic rings. The minimum atomic E-state index is -0.0515. The summed E-state index contributed by atoms with van der Waals surface area (Å²) >= 11 is 0. The van der Waals surface area contributed by atoms with Gasteiger partial charge in [-0.15, -0.1) is 0 Å². The Labute approximate surface area is 857 Å². The summed E-state index contributed by atoms with van der Waals surface area (Å²) in [5.41, 5.74) is 26.6. The number of fused-ring (bicyclic) bond motifs is 10. The molecule has 2 amide bonds. The summed E-state index contributed by atoms with van der Waals surface area (Å²) in [5.74, 6) is 6.21. The summed E-state index contributed by atoms with van der Waals surface area (Å²) in [6.07, 6.45) is 37.1. The highest BCUT2D eigenvalue weighted by atomic mass is 16.2. The highest BCUT2D eigenvalue weighted by molar-refractivity contribution is 6.00. The van der Waals surface area contributed by atoms with E-state index in [0.717, 1.165) is 67.0 Å². The average Bonchev–Trinajstić information content (AvgIpc) is 1.67. The van der Waals surface area contributed by atoms with Crippen molar-refractivity contribution < 1.29 is 9.59 Å². The highest BCUT2D eigenvalue weighted by Gasteiger charge is 2.23. The fourth-order valence-corrected chi connectivity index (χ4v) is 14.9. The Morgan fingerprint density at radius 3 is 1.36 bits per heavy atom. The van der Waals surface area contributed by atoms with E-state index in [9.17, 15) is 14.4 Å². The van der Waals surface area contributed by atoms with Gasteiger partial charge in [0.15, 0.2) is 0 Å². The Balaban J connectivity index is 0.000000778. The maximum absolute atomic E-state index is 11.3. The van der Waals surface area contributed by atoms with Crippen LogP contribution >= 0.6 is 0 Å². The van der Waals surface area contributed by atoms with Crippen LogP contribution in [0.1, 0.15) is 403 Å². The number of nitrogens with zero attached hydrogens (tertiary/aromatic N) is 8. The minimum absolute atomic E-state index is 0.0515. The zero-order valence-corrected chi connectivity index (χ0v) is 94.8. The molecule has 20 rings (SSSR count). The fourth-order valence-electron chi connectivity index (χ4n) is 14.9. The van der Waals surface area contributed by atoms with Crippen LogP contribution in [0.5, 0.6) is 0 Å². The lowest BCUT2D eigenvalue weighted by Crippen LogP contribution is -2.04. The number of aromatic nitrogens is 17. The molecule has 17 aromatic heterocycles. The number of nitrogens with one attached hydrogen (secondary N) is 11. The van der Waals surface area contributed by atoms with Crippen molar-refractivity contribution in [2.24, 2.45) is 0 Å². The second-order valence-corrected chi connectivity index (χ2v) is 34.1. The maximum Gasteiger partial charge on any atom is 0.272 e. The molecular formula is C121H181N19O3. The molecule has 0 fully saturated rings. The minimum Gasteiger partial charge on any atom is -0.361 e. The van der Waals surface area contributed by atoms with Crippen molar-refractivity contribution in [2.75, 3.05) is 10.6 Å². The van der Waals surface area contributed by atoms with E-state index < -0.39 is 0 Å². The fraction of sp³-hybridized carbons (Fsp3) is 0.430. The van der Waals surface area contributed by atoms with Crippen molar-refractivity contribution in [1.29, 1.82) is 0 Å². The summed E-state index contributed by atoms with van der Waals surface area (Å²) in [7, 11) is 0. The van der Waals surface area contributed by atoms with E-state index in [1.807, 2.05) is 286 Å². The van der Waals surface area contributed by atoms with Crippen LogP contribution in [0.2, 0.25) is 0 Å². The van der Waals surface area contributed by atoms with E-state index in [0.29, 0.717) is 77.5 Å². The van der Waals surface area contributed by atoms with Crippen LogP contribution in [0.4, 0.5) is 11.5 Å². The van der Waals surface area contributed by atoms with Crippen LogP contribution in [0.25, 0.3) is 87.9 Å². The molecule has 0 spiro atoms. The highest BCUT2D eigenvalue weighted by Crippen LogP contribution is 2.33. The number of rotatable bonds is 10. The number of H-pyrrole nitrogens is 9. The van der Waals surface area contributed by atoms with Crippen molar-refractivity contribution in [3.8, 4) is 0 Å². The first-order valence-electron chi connectivity index (χ1n) is 52.9. The Morgan fingerprint density at radius 1 is 0.273 bits per heavy atom. The van der Waals surface area contributed by atoms with Gasteiger partial charge in [0.05, 0.1) is 46.6 Å². The van der Waals surface area contributed by atoms with Gasteiger partial charge in [0, 0.05) is 161 Å². The number of amides is 2. The van der Waals surface area contributed by atoms with Gasteiger partial charge >= 0.3 is 0 Å². The molecular weight excluding hydrogens is 1770 g/mol. The van der Waals surface area contributed by atoms with Gasteiger partial charge in [-0.05, 0) is 211 Å². The van der Waals surface area contributed by atoms with E-state index in [-0.39, 0.29) is 17.4 Å². The lowest BCUT2D eigenvalue weighted by molar-refractivity contribution is -0.115. The smallest absolute Gasteiger partial charge is 0.272 e. The number of anilines is 2. The second-order valence-electron chi connectivity index (χ2n) is 34.1. The Bertz CT molecular complexity index is 6100. The van der Waals surface area contributed by atoms with Gasteiger partial charge in [-0.3, -0.25) is 34.3 Å². The molecule has 778 valence electrons. The Morgan fingerprint density at radius 2 is 0.734 bits per heavy atom. The molecule has 22 heteroatoms. The van der Waals surface area contributed by atoms with Gasteiger partial charge in [0.25, 0.3) is 5.56 Å². The third-order valence-electron chi connectivity index (χ3n) is 21.8. The van der Waals surface area contributed by atoms with Crippen LogP contribution in [0.3, 0.4) is 0 Å². The number of hydrogen-bond donors (Lipinski definition) is 11. The van der Waals surface area contributed by atoms with E-state index in [1.165, 1.54) is 93.6 Å². The van der Waals surface area contributed by atoms with E-state index >= 15 is 0 Å². The summed E-state index contributed by atoms with van der Waals surface area (Å²) < 4.78 is 0. The second kappa shape index (κ2) is 70.3. The molecule has 0 bridgehead atoms. The zero-order chi connectivity index (χ0) is 108. The molecule has 0 saturated carbocycles. The van der Waals surface area contributed by atoms with Crippen molar-refractivity contribution in [2.45, 2.75) is 349 Å². The van der Waals surface area contributed by atoms with Crippen LogP contribution in [-0.2, 0) is 22.4 Å². The Hall–Kier alpha value is -13.4. The van der Waals surface area contributed by atoms with Crippen molar-refractivity contribution in [3.63, 3.8) is 0 Å². The SMILES string of the molecule is CC.CC.CC.CC.CC.CC.CC.CC.CC.CC.CC(C)c1c[nH]c2c(=O)[nH]ccc12.CC(C)c1c[nH]c2cccnc12.CC(C)c1c[nH]c2ccncc12.CC(C)c1c[nH]c2cnccc12.CC(C)c1c[nH]c2ncccc12.CC(C)c1ccc2c(c1)CC(=O)N2.CC(C)c1ccnc2[nH]ccc12.CC(C)c1ccnc2c1CC(=O)N2.CC(C)c1ccnc2cc[nH]c12.CC(C)c1cnc2[nH]ccc2c1. The molecule has 0 saturated heterocycles. The van der Waals surface area contributed by atoms with E-state index in [1.54, 1.807) is 12.4 Å². The molecule has 0 atom stereocenters. The standard InChI is InChI=1S/C11H13NO.2C10H12N2O.7C10H12N2.10C2H6/c1-7(2)8-3-4-10-9(5-8)6-11(13)12-10;1-6(2)8-5-12-9-7(8)3-4-11-10(9)13;1-6(2)7-3-4-11-10-8(7)5-9(13)12-10;1-7(2)8-3-5-11-9-4-6-12-10(8)9;1-7(2)8-3-5-11-10-9(8)4-6-12-10;1-7(2)8-6-12-10-3-4-11-5-9(8)10;1-7(2)9-5-12-10-6-11-4-3-8(9)10;1-7(2)9-5-8-3-4-11-10(8)12-6-9;1-7(2)8-6-12-9-4-3-5-11-10(8)9;1-7(2)9-6-12-10-8(9)4-3-5-11-10;10*1-2/h3-5,7H,6H2,1-2H3,(H,12,13);3-6,12H,1-2H3,(H,11,13);3-4,6H,5H2,1-2H3,(H,11,12,13);3-7,12H,1-2H3;3-7H,1-2H3,(H,11,12);2*3-7,12H,1-2H3;3-7H,1-2H3,(H,11,12);3-7,12H,1-2H3;3-7H,1-2H3,(H,11,12);10*1-2H3. The topological polar surface area (TPSA) is 320 Å². The summed E-state index contributed by atoms with van der Waals surface area (Å²) in [6, 6.07) is 34.7. The van der Waals surface area contributed by atoms with Gasteiger partial charge in [0.1, 0.15) is 28.3 Å². The monoisotopic (exact) mass is 1950 g/mol. The van der Waals surface area contributed by atoms with Gasteiger partial charge in [-0.1, -0.05) is 289 Å². The maximum atomic E-state index is 11.3. The molecule has 0 unspecified atom stereocenters. The normalized spacial score (nSPS) is 10.7. The van der Waals surface area contributed by atoms with Crippen LogP contribution in [-0.4, -0.2) is 96.5 Å². The molecule has 11 N–H and O–H groups in total. The number of benzene rings is 1. The predicted octanol–water partition coefficient (Wildman–Crippen LogP) is 35.0. The van der Waals surface area contributed by atoms with Crippen molar-refractivity contribution in [1.82, 2.24) is 84.7 Å².